The van der Waals surface area contributed by atoms with E-state index in [0.717, 1.165) is 12.0 Å². The van der Waals surface area contributed by atoms with E-state index < -0.39 is 5.97 Å². The van der Waals surface area contributed by atoms with Crippen molar-refractivity contribution in [3.05, 3.63) is 57.8 Å². The highest BCUT2D eigenvalue weighted by atomic mass is 32.1. The van der Waals surface area contributed by atoms with Gasteiger partial charge in [0.15, 0.2) is 0 Å². The molecular formula is C19H21N3O4S. The molecule has 142 valence electrons. The number of carboxylic acids is 1. The SMILES string of the molecule is O=C(O)c1ccc(CNC(=O)N2CCCN(C(=O)c3ccsc3)CC2)cc1. The highest BCUT2D eigenvalue weighted by molar-refractivity contribution is 7.08. The molecular weight excluding hydrogens is 366 g/mol. The Balaban J connectivity index is 1.50. The van der Waals surface area contributed by atoms with Crippen LogP contribution in [0.15, 0.2) is 41.1 Å². The smallest absolute Gasteiger partial charge is 0.335 e. The molecule has 7 nitrogen and oxygen atoms in total. The van der Waals surface area contributed by atoms with Gasteiger partial charge in [0, 0.05) is 38.1 Å². The first-order chi connectivity index (χ1) is 13.0. The number of carbonyl (C=O) groups is 3. The lowest BCUT2D eigenvalue weighted by Crippen LogP contribution is -2.42. The van der Waals surface area contributed by atoms with E-state index in [2.05, 4.69) is 5.32 Å². The van der Waals surface area contributed by atoms with Crippen LogP contribution in [0.25, 0.3) is 0 Å². The predicted molar refractivity (Wildman–Crippen MR) is 102 cm³/mol. The second kappa shape index (κ2) is 8.68. The monoisotopic (exact) mass is 387 g/mol. The fourth-order valence-electron chi connectivity index (χ4n) is 2.95. The molecule has 1 fully saturated rings. The van der Waals surface area contributed by atoms with Gasteiger partial charge in [-0.15, -0.1) is 0 Å². The topological polar surface area (TPSA) is 89.9 Å². The molecule has 0 saturated carbocycles. The molecule has 2 aromatic rings. The Morgan fingerprint density at radius 1 is 0.963 bits per heavy atom. The summed E-state index contributed by atoms with van der Waals surface area (Å²) < 4.78 is 0. The number of thiophene rings is 1. The Morgan fingerprint density at radius 2 is 1.67 bits per heavy atom. The number of aromatic carboxylic acids is 1. The summed E-state index contributed by atoms with van der Waals surface area (Å²) in [6, 6.07) is 8.05. The molecule has 0 radical (unpaired) electrons. The minimum absolute atomic E-state index is 0.0111. The molecule has 3 amide bonds. The number of urea groups is 1. The lowest BCUT2D eigenvalue weighted by atomic mass is 10.1. The van der Waals surface area contributed by atoms with Crippen molar-refractivity contribution >= 4 is 29.2 Å². The first kappa shape index (κ1) is 18.9. The maximum absolute atomic E-state index is 12.4. The van der Waals surface area contributed by atoms with Crippen molar-refractivity contribution in [1.29, 1.82) is 0 Å². The molecule has 1 aromatic carbocycles. The summed E-state index contributed by atoms with van der Waals surface area (Å²) in [6.45, 7) is 2.55. The van der Waals surface area contributed by atoms with E-state index in [0.29, 0.717) is 38.3 Å². The van der Waals surface area contributed by atoms with Crippen LogP contribution < -0.4 is 5.32 Å². The Kier molecular flexibility index (Phi) is 6.08. The number of hydrogen-bond donors (Lipinski definition) is 2. The standard InChI is InChI=1S/C19H21N3O4S/c23-17(16-6-11-27-13-16)21-7-1-8-22(10-9-21)19(26)20-12-14-2-4-15(5-3-14)18(24)25/h2-6,11,13H,1,7-10,12H2,(H,20,26)(H,24,25). The van der Waals surface area contributed by atoms with Gasteiger partial charge in [0.25, 0.3) is 5.91 Å². The molecule has 0 bridgehead atoms. The van der Waals surface area contributed by atoms with Crippen LogP contribution in [0, 0.1) is 0 Å². The average Bonchev–Trinajstić information content (AvgIpc) is 3.10. The van der Waals surface area contributed by atoms with Gasteiger partial charge < -0.3 is 20.2 Å². The van der Waals surface area contributed by atoms with Gasteiger partial charge in [0.2, 0.25) is 0 Å². The lowest BCUT2D eigenvalue weighted by molar-refractivity contribution is 0.0695. The van der Waals surface area contributed by atoms with Crippen molar-refractivity contribution in [3.63, 3.8) is 0 Å². The van der Waals surface area contributed by atoms with Crippen LogP contribution in [-0.2, 0) is 6.54 Å². The first-order valence-corrected chi connectivity index (χ1v) is 9.65. The number of benzene rings is 1. The van der Waals surface area contributed by atoms with Crippen molar-refractivity contribution < 1.29 is 19.5 Å². The number of nitrogens with one attached hydrogen (secondary N) is 1. The maximum atomic E-state index is 12.4. The van der Waals surface area contributed by atoms with Crippen molar-refractivity contribution in [3.8, 4) is 0 Å². The van der Waals surface area contributed by atoms with Gasteiger partial charge in [-0.2, -0.15) is 11.3 Å². The van der Waals surface area contributed by atoms with Gasteiger partial charge >= 0.3 is 12.0 Å². The predicted octanol–water partition coefficient (Wildman–Crippen LogP) is 2.50. The molecule has 1 aliphatic rings. The van der Waals surface area contributed by atoms with Gasteiger partial charge in [0.1, 0.15) is 0 Å². The van der Waals surface area contributed by atoms with Crippen molar-refractivity contribution in [1.82, 2.24) is 15.1 Å². The van der Waals surface area contributed by atoms with Crippen molar-refractivity contribution in [2.24, 2.45) is 0 Å². The average molecular weight is 387 g/mol. The number of rotatable bonds is 4. The molecule has 0 aliphatic carbocycles. The molecule has 1 saturated heterocycles. The largest absolute Gasteiger partial charge is 0.478 e. The molecule has 1 aromatic heterocycles. The summed E-state index contributed by atoms with van der Waals surface area (Å²) in [6.07, 6.45) is 0.733. The molecule has 0 atom stereocenters. The summed E-state index contributed by atoms with van der Waals surface area (Å²) in [5.41, 5.74) is 1.74. The molecule has 3 rings (SSSR count). The quantitative estimate of drug-likeness (QED) is 0.843. The molecule has 2 N–H and O–H groups in total. The Morgan fingerprint density at radius 3 is 2.33 bits per heavy atom. The maximum Gasteiger partial charge on any atom is 0.335 e. The van der Waals surface area contributed by atoms with Crippen LogP contribution >= 0.6 is 11.3 Å². The number of carboxylic acid groups (broad SMARTS) is 1. The van der Waals surface area contributed by atoms with Gasteiger partial charge in [-0.25, -0.2) is 9.59 Å². The number of hydrogen-bond acceptors (Lipinski definition) is 4. The van der Waals surface area contributed by atoms with Crippen molar-refractivity contribution in [2.45, 2.75) is 13.0 Å². The van der Waals surface area contributed by atoms with Crippen LogP contribution in [0.4, 0.5) is 4.79 Å². The Hall–Kier alpha value is -2.87. The zero-order valence-corrected chi connectivity index (χ0v) is 15.6. The summed E-state index contributed by atoms with van der Waals surface area (Å²) in [5, 5.41) is 15.5. The highest BCUT2D eigenvalue weighted by Crippen LogP contribution is 2.12. The van der Waals surface area contributed by atoms with E-state index in [-0.39, 0.29) is 17.5 Å². The lowest BCUT2D eigenvalue weighted by Gasteiger charge is -2.22. The Bertz CT molecular complexity index is 805. The minimum atomic E-state index is -0.975. The third-order valence-corrected chi connectivity index (χ3v) is 5.17. The van der Waals surface area contributed by atoms with E-state index in [1.165, 1.54) is 23.5 Å². The molecule has 0 spiro atoms. The number of carbonyl (C=O) groups excluding carboxylic acids is 2. The van der Waals surface area contributed by atoms with Crippen LogP contribution in [0.2, 0.25) is 0 Å². The van der Waals surface area contributed by atoms with Gasteiger partial charge in [0.05, 0.1) is 11.1 Å². The summed E-state index contributed by atoms with van der Waals surface area (Å²) in [7, 11) is 0. The van der Waals surface area contributed by atoms with Gasteiger partial charge in [-0.3, -0.25) is 4.79 Å². The van der Waals surface area contributed by atoms with E-state index in [4.69, 9.17) is 5.11 Å². The van der Waals surface area contributed by atoms with Gasteiger partial charge in [-0.05, 0) is 35.6 Å². The fraction of sp³-hybridized carbons (Fsp3) is 0.316. The fourth-order valence-corrected chi connectivity index (χ4v) is 3.58. The summed E-state index contributed by atoms with van der Waals surface area (Å²) in [4.78, 5) is 39.2. The zero-order chi connectivity index (χ0) is 19.2. The molecule has 2 heterocycles. The highest BCUT2D eigenvalue weighted by Gasteiger charge is 2.22. The third-order valence-electron chi connectivity index (χ3n) is 4.48. The number of amides is 3. The van der Waals surface area contributed by atoms with E-state index >= 15 is 0 Å². The first-order valence-electron chi connectivity index (χ1n) is 8.71. The third kappa shape index (κ3) is 4.85. The molecule has 8 heteroatoms. The second-order valence-corrected chi connectivity index (χ2v) is 7.09. The Labute approximate surface area is 161 Å². The number of nitrogens with zero attached hydrogens (tertiary/aromatic N) is 2. The summed E-state index contributed by atoms with van der Waals surface area (Å²) >= 11 is 1.49. The van der Waals surface area contributed by atoms with E-state index in [1.54, 1.807) is 21.9 Å². The van der Waals surface area contributed by atoms with Crippen LogP contribution in [-0.4, -0.2) is 59.0 Å². The minimum Gasteiger partial charge on any atom is -0.478 e. The van der Waals surface area contributed by atoms with E-state index in [1.807, 2.05) is 16.8 Å². The zero-order valence-electron chi connectivity index (χ0n) is 14.8. The van der Waals surface area contributed by atoms with Crippen LogP contribution in [0.3, 0.4) is 0 Å². The molecule has 0 unspecified atom stereocenters. The summed E-state index contributed by atoms with van der Waals surface area (Å²) in [5.74, 6) is -0.964. The van der Waals surface area contributed by atoms with Crippen LogP contribution in [0.5, 0.6) is 0 Å². The van der Waals surface area contributed by atoms with Crippen LogP contribution in [0.1, 0.15) is 32.7 Å². The van der Waals surface area contributed by atoms with Crippen molar-refractivity contribution in [2.75, 3.05) is 26.2 Å². The second-order valence-electron chi connectivity index (χ2n) is 6.31. The van der Waals surface area contributed by atoms with Gasteiger partial charge in [-0.1, -0.05) is 12.1 Å². The normalized spacial score (nSPS) is 14.5. The molecule has 27 heavy (non-hydrogen) atoms. The van der Waals surface area contributed by atoms with E-state index in [9.17, 15) is 14.4 Å². The molecule has 1 aliphatic heterocycles.